The average molecular weight is 258 g/mol. The number of benzene rings is 1. The number of nitrogens with two attached hydrogens (primary N) is 1. The number of aryl methyl sites for hydroxylation is 1. The van der Waals surface area contributed by atoms with Gasteiger partial charge in [-0.2, -0.15) is 0 Å². The molecule has 6 nitrogen and oxygen atoms in total. The molecule has 19 heavy (non-hydrogen) atoms. The Morgan fingerprint density at radius 2 is 2.26 bits per heavy atom. The Hall–Kier alpha value is -2.63. The first-order valence-corrected chi connectivity index (χ1v) is 5.74. The third-order valence-corrected chi connectivity index (χ3v) is 2.66. The van der Waals surface area contributed by atoms with E-state index in [1.807, 2.05) is 13.0 Å². The van der Waals surface area contributed by atoms with Gasteiger partial charge >= 0.3 is 5.69 Å². The van der Waals surface area contributed by atoms with E-state index in [4.69, 9.17) is 5.73 Å². The van der Waals surface area contributed by atoms with Gasteiger partial charge < -0.3 is 11.1 Å². The van der Waals surface area contributed by atoms with Crippen LogP contribution in [0.4, 0.5) is 11.4 Å². The molecule has 0 fully saturated rings. The number of anilines is 2. The summed E-state index contributed by atoms with van der Waals surface area (Å²) in [5.74, 6) is -0.307. The summed E-state index contributed by atoms with van der Waals surface area (Å²) in [5.41, 5.74) is 7.45. The Labute approximate surface area is 109 Å². The van der Waals surface area contributed by atoms with Gasteiger partial charge in [-0.15, -0.1) is 0 Å². The van der Waals surface area contributed by atoms with Crippen LogP contribution >= 0.6 is 0 Å². The zero-order chi connectivity index (χ0) is 13.8. The first-order valence-electron chi connectivity index (χ1n) is 5.74. The third-order valence-electron chi connectivity index (χ3n) is 2.66. The SMILES string of the molecule is Cc1ccc(NC(=O)Cn2cccnc2=O)cc1N. The highest BCUT2D eigenvalue weighted by Crippen LogP contribution is 2.16. The molecular weight excluding hydrogens is 244 g/mol. The number of amides is 1. The molecule has 1 heterocycles. The standard InChI is InChI=1S/C13H14N4O2/c1-9-3-4-10(7-11(9)14)16-12(18)8-17-6-2-5-15-13(17)19/h2-7H,8,14H2,1H3,(H,16,18). The maximum Gasteiger partial charge on any atom is 0.347 e. The number of hydrogen-bond donors (Lipinski definition) is 2. The van der Waals surface area contributed by atoms with Crippen LogP contribution in [-0.4, -0.2) is 15.5 Å². The van der Waals surface area contributed by atoms with Crippen molar-refractivity contribution in [3.8, 4) is 0 Å². The number of aromatic nitrogens is 2. The van der Waals surface area contributed by atoms with Crippen molar-refractivity contribution in [2.75, 3.05) is 11.1 Å². The first kappa shape index (κ1) is 12.8. The van der Waals surface area contributed by atoms with Gasteiger partial charge in [0, 0.05) is 23.8 Å². The van der Waals surface area contributed by atoms with Crippen LogP contribution in [0.3, 0.4) is 0 Å². The monoisotopic (exact) mass is 258 g/mol. The van der Waals surface area contributed by atoms with E-state index >= 15 is 0 Å². The van der Waals surface area contributed by atoms with Gasteiger partial charge in [0.25, 0.3) is 0 Å². The number of carbonyl (C=O) groups is 1. The van der Waals surface area contributed by atoms with E-state index in [0.717, 1.165) is 5.56 Å². The largest absolute Gasteiger partial charge is 0.398 e. The van der Waals surface area contributed by atoms with E-state index in [2.05, 4.69) is 10.3 Å². The predicted molar refractivity (Wildman–Crippen MR) is 72.7 cm³/mol. The van der Waals surface area contributed by atoms with Crippen LogP contribution in [0.15, 0.2) is 41.5 Å². The zero-order valence-corrected chi connectivity index (χ0v) is 10.5. The van der Waals surface area contributed by atoms with Crippen LogP contribution < -0.4 is 16.7 Å². The highest BCUT2D eigenvalue weighted by molar-refractivity contribution is 5.91. The molecule has 0 aliphatic carbocycles. The summed E-state index contributed by atoms with van der Waals surface area (Å²) < 4.78 is 1.23. The molecule has 0 unspecified atom stereocenters. The van der Waals surface area contributed by atoms with E-state index in [9.17, 15) is 9.59 Å². The van der Waals surface area contributed by atoms with Gasteiger partial charge in [0.2, 0.25) is 5.91 Å². The van der Waals surface area contributed by atoms with Crippen LogP contribution in [0.25, 0.3) is 0 Å². The Kier molecular flexibility index (Phi) is 3.61. The highest BCUT2D eigenvalue weighted by atomic mass is 16.2. The van der Waals surface area contributed by atoms with Crippen LogP contribution in [0, 0.1) is 6.92 Å². The fraction of sp³-hybridized carbons (Fsp3) is 0.154. The third kappa shape index (κ3) is 3.19. The number of nitrogen functional groups attached to an aromatic ring is 1. The summed E-state index contributed by atoms with van der Waals surface area (Å²) in [4.78, 5) is 26.7. The Balaban J connectivity index is 2.08. The normalized spacial score (nSPS) is 10.2. The van der Waals surface area contributed by atoms with Crippen LogP contribution in [0.1, 0.15) is 5.56 Å². The zero-order valence-electron chi connectivity index (χ0n) is 10.5. The second-order valence-electron chi connectivity index (χ2n) is 4.15. The first-order chi connectivity index (χ1) is 9.06. The van der Waals surface area contributed by atoms with Crippen molar-refractivity contribution in [2.45, 2.75) is 13.5 Å². The molecule has 0 radical (unpaired) electrons. The van der Waals surface area contributed by atoms with Gasteiger partial charge in [-0.3, -0.25) is 9.36 Å². The second-order valence-corrected chi connectivity index (χ2v) is 4.15. The molecule has 6 heteroatoms. The summed E-state index contributed by atoms with van der Waals surface area (Å²) in [7, 11) is 0. The van der Waals surface area contributed by atoms with Crippen molar-refractivity contribution in [1.82, 2.24) is 9.55 Å². The molecule has 0 bridgehead atoms. The van der Waals surface area contributed by atoms with Crippen LogP contribution in [0.5, 0.6) is 0 Å². The van der Waals surface area contributed by atoms with Gasteiger partial charge in [0.15, 0.2) is 0 Å². The molecule has 1 aromatic heterocycles. The van der Waals surface area contributed by atoms with Gasteiger partial charge in [0.1, 0.15) is 6.54 Å². The second kappa shape index (κ2) is 5.34. The van der Waals surface area contributed by atoms with Gasteiger partial charge in [-0.25, -0.2) is 9.78 Å². The van der Waals surface area contributed by atoms with Crippen molar-refractivity contribution in [2.24, 2.45) is 0 Å². The number of nitrogens with zero attached hydrogens (tertiary/aromatic N) is 2. The molecule has 0 aliphatic heterocycles. The number of nitrogens with one attached hydrogen (secondary N) is 1. The number of rotatable bonds is 3. The minimum atomic E-state index is -0.457. The molecule has 0 saturated carbocycles. The molecule has 98 valence electrons. The molecule has 1 amide bonds. The van der Waals surface area contributed by atoms with Gasteiger partial charge in [-0.05, 0) is 30.7 Å². The Morgan fingerprint density at radius 3 is 2.95 bits per heavy atom. The van der Waals surface area contributed by atoms with E-state index in [-0.39, 0.29) is 12.5 Å². The summed E-state index contributed by atoms with van der Waals surface area (Å²) in [6.07, 6.45) is 2.90. The van der Waals surface area contributed by atoms with Crippen molar-refractivity contribution >= 4 is 17.3 Å². The lowest BCUT2D eigenvalue weighted by molar-refractivity contribution is -0.116. The van der Waals surface area contributed by atoms with E-state index in [1.54, 1.807) is 18.2 Å². The smallest absolute Gasteiger partial charge is 0.347 e. The van der Waals surface area contributed by atoms with Gasteiger partial charge in [0.05, 0.1) is 0 Å². The summed E-state index contributed by atoms with van der Waals surface area (Å²) in [6.45, 7) is 1.80. The minimum absolute atomic E-state index is 0.0829. The van der Waals surface area contributed by atoms with Crippen molar-refractivity contribution in [3.05, 3.63) is 52.7 Å². The van der Waals surface area contributed by atoms with E-state index < -0.39 is 5.69 Å². The maximum atomic E-state index is 11.8. The molecule has 0 atom stereocenters. The molecule has 2 rings (SSSR count). The Morgan fingerprint density at radius 1 is 1.47 bits per heavy atom. The molecular formula is C13H14N4O2. The van der Waals surface area contributed by atoms with Crippen molar-refractivity contribution < 1.29 is 4.79 Å². The number of hydrogen-bond acceptors (Lipinski definition) is 4. The van der Waals surface area contributed by atoms with Gasteiger partial charge in [-0.1, -0.05) is 6.07 Å². The number of carbonyl (C=O) groups excluding carboxylic acids is 1. The molecule has 0 spiro atoms. The Bertz CT molecular complexity index is 664. The van der Waals surface area contributed by atoms with Crippen LogP contribution in [0.2, 0.25) is 0 Å². The lowest BCUT2D eigenvalue weighted by Crippen LogP contribution is -2.28. The van der Waals surface area contributed by atoms with Crippen LogP contribution in [-0.2, 0) is 11.3 Å². The minimum Gasteiger partial charge on any atom is -0.398 e. The predicted octanol–water partition coefficient (Wildman–Crippen LogP) is 0.773. The van der Waals surface area contributed by atoms with E-state index in [0.29, 0.717) is 11.4 Å². The topological polar surface area (TPSA) is 90.0 Å². The van der Waals surface area contributed by atoms with Crippen molar-refractivity contribution in [3.63, 3.8) is 0 Å². The van der Waals surface area contributed by atoms with E-state index in [1.165, 1.54) is 17.0 Å². The molecule has 0 saturated heterocycles. The molecule has 3 N–H and O–H groups in total. The fourth-order valence-electron chi connectivity index (χ4n) is 1.58. The molecule has 2 aromatic rings. The summed E-state index contributed by atoms with van der Waals surface area (Å²) in [6, 6.07) is 6.86. The average Bonchev–Trinajstić information content (AvgIpc) is 2.37. The quantitative estimate of drug-likeness (QED) is 0.796. The highest BCUT2D eigenvalue weighted by Gasteiger charge is 2.05. The lowest BCUT2D eigenvalue weighted by Gasteiger charge is -2.08. The molecule has 0 aliphatic rings. The summed E-state index contributed by atoms with van der Waals surface area (Å²) >= 11 is 0. The molecule has 1 aromatic carbocycles. The van der Waals surface area contributed by atoms with Crippen molar-refractivity contribution in [1.29, 1.82) is 0 Å². The maximum absolute atomic E-state index is 11.8. The summed E-state index contributed by atoms with van der Waals surface area (Å²) in [5, 5.41) is 2.68. The fourth-order valence-corrected chi connectivity index (χ4v) is 1.58. The lowest BCUT2D eigenvalue weighted by atomic mass is 10.2.